The summed E-state index contributed by atoms with van der Waals surface area (Å²) in [7, 11) is 5.86. The second-order valence-electron chi connectivity index (χ2n) is 8.22. The van der Waals surface area contributed by atoms with E-state index in [-0.39, 0.29) is 11.9 Å². The van der Waals surface area contributed by atoms with Crippen molar-refractivity contribution < 1.29 is 9.90 Å². The van der Waals surface area contributed by atoms with E-state index in [4.69, 9.17) is 7.85 Å². The normalized spacial score (nSPS) is 37.9. The fourth-order valence-electron chi connectivity index (χ4n) is 5.80. The van der Waals surface area contributed by atoms with Gasteiger partial charge in [-0.1, -0.05) is 17.6 Å². The van der Waals surface area contributed by atoms with Gasteiger partial charge in [0.1, 0.15) is 7.85 Å². The zero-order valence-corrected chi connectivity index (χ0v) is 13.9. The molecule has 120 valence electrons. The predicted molar refractivity (Wildman–Crippen MR) is 91.1 cm³/mol. The van der Waals surface area contributed by atoms with Gasteiger partial charge in [0, 0.05) is 11.6 Å². The first kappa shape index (κ1) is 15.3. The molecule has 4 bridgehead atoms. The van der Waals surface area contributed by atoms with Crippen LogP contribution in [0.15, 0.2) is 12.1 Å². The van der Waals surface area contributed by atoms with Gasteiger partial charge in [0.2, 0.25) is 0 Å². The van der Waals surface area contributed by atoms with Crippen LogP contribution in [0, 0.1) is 31.6 Å². The summed E-state index contributed by atoms with van der Waals surface area (Å²) in [4.78, 5) is 12.9. The maximum atomic E-state index is 12.9. The average molecular weight is 309 g/mol. The van der Waals surface area contributed by atoms with E-state index >= 15 is 0 Å². The highest BCUT2D eigenvalue weighted by Gasteiger charge is 2.55. The van der Waals surface area contributed by atoms with Crippen molar-refractivity contribution in [3.63, 3.8) is 0 Å². The lowest BCUT2D eigenvalue weighted by Gasteiger charge is -2.58. The Kier molecular flexibility index (Phi) is 3.39. The first-order valence-corrected chi connectivity index (χ1v) is 8.74. The zero-order valence-electron chi connectivity index (χ0n) is 13.9. The van der Waals surface area contributed by atoms with Gasteiger partial charge in [-0.3, -0.25) is 4.79 Å². The Bertz CT molecular complexity index is 632. The zero-order chi connectivity index (χ0) is 16.4. The van der Waals surface area contributed by atoms with E-state index in [0.29, 0.717) is 23.2 Å². The molecular formula is C19H24BNO2. The monoisotopic (exact) mass is 309 g/mol. The van der Waals surface area contributed by atoms with Gasteiger partial charge in [-0.15, -0.1) is 0 Å². The number of carbonyl (C=O) groups is 1. The quantitative estimate of drug-likeness (QED) is 0.818. The molecule has 4 heteroatoms. The Morgan fingerprint density at radius 3 is 2.26 bits per heavy atom. The summed E-state index contributed by atoms with van der Waals surface area (Å²) < 4.78 is 0. The van der Waals surface area contributed by atoms with E-state index in [2.05, 4.69) is 5.32 Å². The molecule has 0 aliphatic heterocycles. The van der Waals surface area contributed by atoms with Crippen molar-refractivity contribution in [3.8, 4) is 0 Å². The van der Waals surface area contributed by atoms with E-state index in [0.717, 1.165) is 48.8 Å². The number of aryl methyl sites for hydroxylation is 2. The van der Waals surface area contributed by atoms with Crippen LogP contribution in [0.2, 0.25) is 0 Å². The SMILES string of the molecule is [B]c1cc(C)c(C(=O)NC2C3CC4CC2CC(O)(C4)C3)c(C)c1. The molecule has 0 heterocycles. The Morgan fingerprint density at radius 2 is 1.74 bits per heavy atom. The van der Waals surface area contributed by atoms with Gasteiger partial charge >= 0.3 is 0 Å². The van der Waals surface area contributed by atoms with Crippen LogP contribution < -0.4 is 10.8 Å². The molecule has 4 saturated carbocycles. The number of nitrogens with one attached hydrogen (secondary N) is 1. The number of benzene rings is 1. The van der Waals surface area contributed by atoms with Crippen molar-refractivity contribution in [1.29, 1.82) is 0 Å². The molecule has 4 fully saturated rings. The van der Waals surface area contributed by atoms with Crippen LogP contribution >= 0.6 is 0 Å². The molecule has 2 unspecified atom stereocenters. The second-order valence-corrected chi connectivity index (χ2v) is 8.22. The summed E-state index contributed by atoms with van der Waals surface area (Å²) in [5.74, 6) is 1.55. The Labute approximate surface area is 139 Å². The first-order valence-electron chi connectivity index (χ1n) is 8.74. The number of hydrogen-bond donors (Lipinski definition) is 2. The van der Waals surface area contributed by atoms with Gasteiger partial charge in [0.05, 0.1) is 5.60 Å². The van der Waals surface area contributed by atoms with E-state index in [9.17, 15) is 9.90 Å². The highest BCUT2D eigenvalue weighted by Crippen LogP contribution is 2.55. The Balaban J connectivity index is 1.56. The van der Waals surface area contributed by atoms with Crippen molar-refractivity contribution in [1.82, 2.24) is 5.32 Å². The molecule has 1 aromatic carbocycles. The lowest BCUT2D eigenvalue weighted by Crippen LogP contribution is -2.61. The number of rotatable bonds is 2. The van der Waals surface area contributed by atoms with Gasteiger partial charge in [-0.2, -0.15) is 0 Å². The molecule has 4 aliphatic carbocycles. The molecule has 1 aromatic rings. The Morgan fingerprint density at radius 1 is 1.17 bits per heavy atom. The predicted octanol–water partition coefficient (Wildman–Crippen LogP) is 1.77. The third-order valence-electron chi connectivity index (χ3n) is 6.32. The Hall–Kier alpha value is -1.29. The highest BCUT2D eigenvalue weighted by molar-refractivity contribution is 6.32. The molecule has 2 N–H and O–H groups in total. The fourth-order valence-corrected chi connectivity index (χ4v) is 5.80. The van der Waals surface area contributed by atoms with E-state index in [1.807, 2.05) is 26.0 Å². The van der Waals surface area contributed by atoms with Crippen molar-refractivity contribution in [2.24, 2.45) is 17.8 Å². The van der Waals surface area contributed by atoms with Gasteiger partial charge in [0.25, 0.3) is 5.91 Å². The summed E-state index contributed by atoms with van der Waals surface area (Å²) in [6.45, 7) is 3.88. The third-order valence-corrected chi connectivity index (χ3v) is 6.32. The molecule has 4 aliphatic rings. The number of hydrogen-bond acceptors (Lipinski definition) is 2. The van der Waals surface area contributed by atoms with E-state index < -0.39 is 5.60 Å². The maximum Gasteiger partial charge on any atom is 0.252 e. The van der Waals surface area contributed by atoms with Crippen LogP contribution in [0.3, 0.4) is 0 Å². The molecule has 2 radical (unpaired) electrons. The molecule has 23 heavy (non-hydrogen) atoms. The summed E-state index contributed by atoms with van der Waals surface area (Å²) in [6, 6.07) is 3.94. The second kappa shape index (κ2) is 5.10. The molecule has 0 saturated heterocycles. The van der Waals surface area contributed by atoms with E-state index in [1.54, 1.807) is 0 Å². The smallest absolute Gasteiger partial charge is 0.252 e. The van der Waals surface area contributed by atoms with Crippen molar-refractivity contribution in [2.75, 3.05) is 0 Å². The minimum Gasteiger partial charge on any atom is -0.390 e. The van der Waals surface area contributed by atoms with Crippen LogP contribution in [0.25, 0.3) is 0 Å². The third kappa shape index (κ3) is 2.51. The lowest BCUT2D eigenvalue weighted by atomic mass is 9.52. The van der Waals surface area contributed by atoms with Crippen LogP contribution in [0.5, 0.6) is 0 Å². The topological polar surface area (TPSA) is 49.3 Å². The summed E-state index contributed by atoms with van der Waals surface area (Å²) in [5, 5.41) is 14.0. The fraction of sp³-hybridized carbons (Fsp3) is 0.632. The van der Waals surface area contributed by atoms with Crippen molar-refractivity contribution in [2.45, 2.75) is 57.6 Å². The maximum absolute atomic E-state index is 12.9. The largest absolute Gasteiger partial charge is 0.390 e. The van der Waals surface area contributed by atoms with Gasteiger partial charge in [-0.05, 0) is 74.8 Å². The molecule has 5 rings (SSSR count). The lowest BCUT2D eigenvalue weighted by molar-refractivity contribution is -0.136. The summed E-state index contributed by atoms with van der Waals surface area (Å²) >= 11 is 0. The van der Waals surface area contributed by atoms with Gasteiger partial charge in [0.15, 0.2) is 0 Å². The number of aliphatic hydroxyl groups is 1. The highest BCUT2D eigenvalue weighted by atomic mass is 16.3. The van der Waals surface area contributed by atoms with Crippen LogP contribution in [0.1, 0.15) is 53.6 Å². The van der Waals surface area contributed by atoms with Crippen LogP contribution in [0.4, 0.5) is 0 Å². The average Bonchev–Trinajstić information content (AvgIpc) is 2.39. The van der Waals surface area contributed by atoms with Gasteiger partial charge in [-0.25, -0.2) is 0 Å². The molecule has 2 atom stereocenters. The summed E-state index contributed by atoms with van der Waals surface area (Å²) in [6.07, 6.45) is 4.99. The number of amides is 1. The van der Waals surface area contributed by atoms with E-state index in [1.165, 1.54) is 0 Å². The summed E-state index contributed by atoms with van der Waals surface area (Å²) in [5.41, 5.74) is 2.87. The van der Waals surface area contributed by atoms with Crippen LogP contribution in [-0.2, 0) is 0 Å². The van der Waals surface area contributed by atoms with Crippen molar-refractivity contribution >= 4 is 19.2 Å². The number of carbonyl (C=O) groups excluding carboxylic acids is 1. The molecule has 3 nitrogen and oxygen atoms in total. The minimum atomic E-state index is -0.454. The van der Waals surface area contributed by atoms with Gasteiger partial charge < -0.3 is 10.4 Å². The van der Waals surface area contributed by atoms with Crippen LogP contribution in [-0.4, -0.2) is 30.5 Å². The standard InChI is InChI=1S/C19H24BNO2/c1-10-3-15(20)4-11(2)16(10)18(22)21-17-13-5-12-6-14(17)9-19(23,7-12)8-13/h3-4,12-14,17,23H,5-9H2,1-2H3,(H,21,22). The molecule has 0 aromatic heterocycles. The molecular weight excluding hydrogens is 285 g/mol. The molecule has 1 amide bonds. The van der Waals surface area contributed by atoms with Crippen molar-refractivity contribution in [3.05, 3.63) is 28.8 Å². The first-order chi connectivity index (χ1) is 10.8. The minimum absolute atomic E-state index is 0.0180. The molecule has 0 spiro atoms.